The van der Waals surface area contributed by atoms with E-state index in [1.807, 2.05) is 0 Å². The molecular formula is C14H24N2O11S. The van der Waals surface area contributed by atoms with Crippen molar-refractivity contribution in [2.24, 2.45) is 5.73 Å². The number of ether oxygens (including phenoxy) is 2. The molecular weight excluding hydrogens is 404 g/mol. The molecule has 1 aliphatic rings. The molecule has 7 atom stereocenters. The standard InChI is InChI=1S/C14H24N2O11S/c15-5(3-28-4-18)12(23)16-9-11(22)10(21)7(2-17)27-14(9)26-6(13(24)25)1-8(19)20/h5-7,9-11,14,17-18,21-22H,1-4,15H2,(H,16,23)(H,19,20)(H,24,25)/t5-,6-,7+,9+,10+,11+,14-/m0/s1. The topological polar surface area (TPSA) is 229 Å². The predicted molar refractivity (Wildman–Crippen MR) is 92.0 cm³/mol. The van der Waals surface area contributed by atoms with Gasteiger partial charge in [-0.15, -0.1) is 11.8 Å². The molecule has 0 radical (unpaired) electrons. The summed E-state index contributed by atoms with van der Waals surface area (Å²) in [7, 11) is 0. The number of carboxylic acids is 2. The SMILES string of the molecule is N[C@@H](CSCO)C(=O)N[C@H]1[C@@H](O[C@@H](CC(=O)O)C(=O)O)O[C@H](CO)[C@@H](O)[C@@H]1O. The highest BCUT2D eigenvalue weighted by Crippen LogP contribution is 2.24. The molecule has 1 saturated heterocycles. The van der Waals surface area contributed by atoms with Gasteiger partial charge in [0.05, 0.1) is 25.0 Å². The lowest BCUT2D eigenvalue weighted by molar-refractivity contribution is -0.281. The highest BCUT2D eigenvalue weighted by atomic mass is 32.2. The minimum absolute atomic E-state index is 0.0239. The number of thioether (sulfide) groups is 1. The van der Waals surface area contributed by atoms with Crippen molar-refractivity contribution in [2.45, 2.75) is 49.2 Å². The third-order valence-corrected chi connectivity index (χ3v) is 4.63. The van der Waals surface area contributed by atoms with Crippen molar-refractivity contribution in [1.29, 1.82) is 0 Å². The Morgan fingerprint density at radius 2 is 1.82 bits per heavy atom. The first-order valence-electron chi connectivity index (χ1n) is 8.09. The van der Waals surface area contributed by atoms with Gasteiger partial charge in [-0.2, -0.15) is 0 Å². The Bertz CT molecular complexity index is 551. The minimum atomic E-state index is -1.89. The number of aliphatic hydroxyl groups is 4. The molecule has 1 aliphatic heterocycles. The van der Waals surface area contributed by atoms with E-state index in [1.54, 1.807) is 0 Å². The van der Waals surface area contributed by atoms with Crippen LogP contribution in [0, 0.1) is 0 Å². The van der Waals surface area contributed by atoms with Crippen LogP contribution >= 0.6 is 11.8 Å². The third-order valence-electron chi connectivity index (χ3n) is 3.85. The molecule has 1 heterocycles. The van der Waals surface area contributed by atoms with Crippen LogP contribution in [0.3, 0.4) is 0 Å². The number of nitrogens with two attached hydrogens (primary N) is 1. The van der Waals surface area contributed by atoms with Crippen LogP contribution in [-0.2, 0) is 23.9 Å². The summed E-state index contributed by atoms with van der Waals surface area (Å²) in [5.74, 6) is -4.19. The molecule has 162 valence electrons. The predicted octanol–water partition coefficient (Wildman–Crippen LogP) is -4.13. The maximum absolute atomic E-state index is 12.2. The van der Waals surface area contributed by atoms with E-state index in [1.165, 1.54) is 0 Å². The van der Waals surface area contributed by atoms with Crippen LogP contribution in [0.15, 0.2) is 0 Å². The van der Waals surface area contributed by atoms with E-state index >= 15 is 0 Å². The van der Waals surface area contributed by atoms with Gasteiger partial charge in [-0.05, 0) is 0 Å². The summed E-state index contributed by atoms with van der Waals surface area (Å²) in [6, 6.07) is -2.63. The van der Waals surface area contributed by atoms with Gasteiger partial charge < -0.3 is 51.2 Å². The Labute approximate surface area is 163 Å². The van der Waals surface area contributed by atoms with E-state index in [0.29, 0.717) is 0 Å². The Kier molecular flexibility index (Phi) is 10.0. The molecule has 1 rings (SSSR count). The molecule has 0 saturated carbocycles. The van der Waals surface area contributed by atoms with Crippen LogP contribution in [0.2, 0.25) is 0 Å². The highest BCUT2D eigenvalue weighted by Gasteiger charge is 2.47. The number of amides is 1. The number of rotatable bonds is 11. The Morgan fingerprint density at radius 1 is 1.18 bits per heavy atom. The van der Waals surface area contributed by atoms with Crippen molar-refractivity contribution >= 4 is 29.6 Å². The number of aliphatic carboxylic acids is 2. The molecule has 1 fully saturated rings. The number of nitrogens with one attached hydrogen (secondary N) is 1. The second-order valence-electron chi connectivity index (χ2n) is 5.91. The largest absolute Gasteiger partial charge is 0.481 e. The highest BCUT2D eigenvalue weighted by molar-refractivity contribution is 7.99. The van der Waals surface area contributed by atoms with Crippen LogP contribution in [0.5, 0.6) is 0 Å². The van der Waals surface area contributed by atoms with Crippen molar-refractivity contribution < 1.29 is 54.5 Å². The molecule has 0 aromatic rings. The maximum atomic E-state index is 12.2. The van der Waals surface area contributed by atoms with E-state index in [0.717, 1.165) is 11.8 Å². The second kappa shape index (κ2) is 11.5. The Hall–Kier alpha value is -1.52. The van der Waals surface area contributed by atoms with Crippen molar-refractivity contribution in [1.82, 2.24) is 5.32 Å². The molecule has 0 bridgehead atoms. The van der Waals surface area contributed by atoms with Gasteiger partial charge in [0.1, 0.15) is 24.4 Å². The normalized spacial score (nSPS) is 29.7. The van der Waals surface area contributed by atoms with Gasteiger partial charge in [-0.25, -0.2) is 4.79 Å². The number of hydrogen-bond acceptors (Lipinski definition) is 11. The fourth-order valence-corrected chi connectivity index (χ4v) is 2.90. The second-order valence-corrected chi connectivity index (χ2v) is 6.91. The summed E-state index contributed by atoms with van der Waals surface area (Å²) in [6.45, 7) is -0.762. The lowest BCUT2D eigenvalue weighted by Gasteiger charge is -2.43. The third kappa shape index (κ3) is 6.82. The Balaban J connectivity index is 2.99. The zero-order chi connectivity index (χ0) is 21.4. The van der Waals surface area contributed by atoms with E-state index in [-0.39, 0.29) is 11.7 Å². The van der Waals surface area contributed by atoms with Crippen molar-refractivity contribution in [3.05, 3.63) is 0 Å². The molecule has 14 heteroatoms. The quantitative estimate of drug-likeness (QED) is 0.146. The molecule has 0 aromatic carbocycles. The lowest BCUT2D eigenvalue weighted by Crippen LogP contribution is -2.66. The summed E-state index contributed by atoms with van der Waals surface area (Å²) < 4.78 is 10.3. The van der Waals surface area contributed by atoms with Gasteiger partial charge in [-0.1, -0.05) is 0 Å². The molecule has 9 N–H and O–H groups in total. The first-order valence-corrected chi connectivity index (χ1v) is 9.24. The average molecular weight is 428 g/mol. The molecule has 0 spiro atoms. The van der Waals surface area contributed by atoms with Crippen molar-refractivity contribution in [2.75, 3.05) is 18.3 Å². The van der Waals surface area contributed by atoms with E-state index in [4.69, 9.17) is 30.5 Å². The van der Waals surface area contributed by atoms with Crippen LogP contribution < -0.4 is 11.1 Å². The monoisotopic (exact) mass is 428 g/mol. The van der Waals surface area contributed by atoms with Crippen molar-refractivity contribution in [3.63, 3.8) is 0 Å². The zero-order valence-electron chi connectivity index (χ0n) is 14.6. The van der Waals surface area contributed by atoms with E-state index < -0.39 is 73.7 Å². The number of carbonyl (C=O) groups excluding carboxylic acids is 1. The summed E-state index contributed by atoms with van der Waals surface area (Å²) in [5, 5.41) is 58.4. The summed E-state index contributed by atoms with van der Waals surface area (Å²) in [6.07, 6.45) is -9.28. The molecule has 13 nitrogen and oxygen atoms in total. The molecule has 0 unspecified atom stereocenters. The Morgan fingerprint density at radius 3 is 2.32 bits per heavy atom. The summed E-state index contributed by atoms with van der Waals surface area (Å²) in [5.41, 5.74) is 5.63. The van der Waals surface area contributed by atoms with E-state index in [9.17, 15) is 29.7 Å². The van der Waals surface area contributed by atoms with Crippen LogP contribution in [0.25, 0.3) is 0 Å². The lowest BCUT2D eigenvalue weighted by atomic mass is 9.96. The maximum Gasteiger partial charge on any atom is 0.333 e. The zero-order valence-corrected chi connectivity index (χ0v) is 15.4. The van der Waals surface area contributed by atoms with Crippen LogP contribution in [-0.4, -0.2) is 110 Å². The minimum Gasteiger partial charge on any atom is -0.481 e. The first-order chi connectivity index (χ1) is 13.1. The van der Waals surface area contributed by atoms with Gasteiger partial charge in [0, 0.05) is 5.75 Å². The molecule has 1 amide bonds. The van der Waals surface area contributed by atoms with Gasteiger partial charge in [0.15, 0.2) is 12.4 Å². The van der Waals surface area contributed by atoms with Gasteiger partial charge in [-0.3, -0.25) is 9.59 Å². The van der Waals surface area contributed by atoms with Gasteiger partial charge in [0.2, 0.25) is 5.91 Å². The van der Waals surface area contributed by atoms with Crippen molar-refractivity contribution in [3.8, 4) is 0 Å². The summed E-state index contributed by atoms with van der Waals surface area (Å²) >= 11 is 0.953. The number of hydrogen-bond donors (Lipinski definition) is 8. The number of carbonyl (C=O) groups is 3. The van der Waals surface area contributed by atoms with Gasteiger partial charge in [0.25, 0.3) is 0 Å². The van der Waals surface area contributed by atoms with Crippen LogP contribution in [0.1, 0.15) is 6.42 Å². The molecule has 0 aliphatic carbocycles. The first kappa shape index (κ1) is 24.5. The average Bonchev–Trinajstić information content (AvgIpc) is 2.63. The molecule has 0 aromatic heterocycles. The smallest absolute Gasteiger partial charge is 0.333 e. The fraction of sp³-hybridized carbons (Fsp3) is 0.786. The number of aliphatic hydroxyl groups excluding tert-OH is 4. The van der Waals surface area contributed by atoms with E-state index in [2.05, 4.69) is 5.32 Å². The molecule has 28 heavy (non-hydrogen) atoms. The fourth-order valence-electron chi connectivity index (χ4n) is 2.39. The van der Waals surface area contributed by atoms with Gasteiger partial charge >= 0.3 is 11.9 Å². The summed E-state index contributed by atoms with van der Waals surface area (Å²) in [4.78, 5) is 34.2. The van der Waals surface area contributed by atoms with Crippen LogP contribution in [0.4, 0.5) is 0 Å². The number of carboxylic acid groups (broad SMARTS) is 2.